The summed E-state index contributed by atoms with van der Waals surface area (Å²) in [6.45, 7) is 0.562. The second-order valence-electron chi connectivity index (χ2n) is 7.70. The molecule has 0 atom stereocenters. The molecule has 0 amide bonds. The Labute approximate surface area is 196 Å². The van der Waals surface area contributed by atoms with Gasteiger partial charge in [0, 0.05) is 39.9 Å². The van der Waals surface area contributed by atoms with Crippen molar-refractivity contribution >= 4 is 51.1 Å². The van der Waals surface area contributed by atoms with E-state index in [9.17, 15) is 5.11 Å². The van der Waals surface area contributed by atoms with Gasteiger partial charge >= 0.3 is 0 Å². The van der Waals surface area contributed by atoms with Crippen molar-refractivity contribution in [2.75, 3.05) is 6.54 Å². The maximum absolute atomic E-state index is 10.1. The third-order valence-electron chi connectivity index (χ3n) is 5.63. The fraction of sp³-hybridized carbons (Fsp3) is 0.0741. The Morgan fingerprint density at radius 1 is 0.875 bits per heavy atom. The minimum atomic E-state index is -0.0104. The van der Waals surface area contributed by atoms with Gasteiger partial charge in [0.2, 0.25) is 0 Å². The van der Waals surface area contributed by atoms with E-state index in [1.807, 2.05) is 6.07 Å². The topological polar surface area (TPSA) is 48.4 Å². The number of nitrogens with zero attached hydrogens (tertiary/aromatic N) is 1. The molecule has 4 aromatic carbocycles. The fourth-order valence-corrected chi connectivity index (χ4v) is 4.58. The number of halogens is 2. The van der Waals surface area contributed by atoms with E-state index in [0.29, 0.717) is 17.1 Å². The first-order valence-electron chi connectivity index (χ1n) is 10.4. The van der Waals surface area contributed by atoms with Crippen molar-refractivity contribution in [3.63, 3.8) is 0 Å². The maximum atomic E-state index is 10.1. The number of nitrogens with one attached hydrogen (secondary N) is 1. The van der Waals surface area contributed by atoms with Crippen LogP contribution in [-0.2, 0) is 6.42 Å². The maximum Gasteiger partial charge on any atom is 0.143 e. The number of benzene rings is 4. The standard InChI is InChI=1S/C27H20Cl2N2O/c28-21-14-20(27(32)24(29)15-21)16-30-12-11-23-22-7-3-4-8-25(22)31-26(23)19-10-9-17-5-1-2-6-18(17)13-19/h1-10,13-16,31-32H,11-12H2. The summed E-state index contributed by atoms with van der Waals surface area (Å²) in [6, 6.07) is 26.4. The van der Waals surface area contributed by atoms with Crippen LogP contribution in [0, 0.1) is 0 Å². The molecule has 0 fully saturated rings. The van der Waals surface area contributed by atoms with Gasteiger partial charge in [0.25, 0.3) is 0 Å². The summed E-state index contributed by atoms with van der Waals surface area (Å²) in [7, 11) is 0. The summed E-state index contributed by atoms with van der Waals surface area (Å²) in [5.74, 6) is -0.0104. The highest BCUT2D eigenvalue weighted by Gasteiger charge is 2.13. The molecule has 3 nitrogen and oxygen atoms in total. The molecule has 0 unspecified atom stereocenters. The highest BCUT2D eigenvalue weighted by atomic mass is 35.5. The predicted octanol–water partition coefficient (Wildman–Crippen LogP) is 7.66. The van der Waals surface area contributed by atoms with Gasteiger partial charge in [-0.2, -0.15) is 0 Å². The third-order valence-corrected chi connectivity index (χ3v) is 6.14. The van der Waals surface area contributed by atoms with Gasteiger partial charge in [-0.15, -0.1) is 0 Å². The molecule has 2 N–H and O–H groups in total. The predicted molar refractivity (Wildman–Crippen MR) is 136 cm³/mol. The van der Waals surface area contributed by atoms with Gasteiger partial charge in [0.05, 0.1) is 5.02 Å². The van der Waals surface area contributed by atoms with Crippen LogP contribution in [0.1, 0.15) is 11.1 Å². The lowest BCUT2D eigenvalue weighted by molar-refractivity contribution is 0.474. The van der Waals surface area contributed by atoms with E-state index in [2.05, 4.69) is 70.6 Å². The van der Waals surface area contributed by atoms with Gasteiger partial charge in [0.15, 0.2) is 0 Å². The summed E-state index contributed by atoms with van der Waals surface area (Å²) >= 11 is 12.1. The molecule has 5 rings (SSSR count). The van der Waals surface area contributed by atoms with Crippen molar-refractivity contribution in [3.05, 3.63) is 100 Å². The van der Waals surface area contributed by atoms with Crippen molar-refractivity contribution in [2.45, 2.75) is 6.42 Å². The zero-order valence-corrected chi connectivity index (χ0v) is 18.7. The van der Waals surface area contributed by atoms with Gasteiger partial charge in [-0.1, -0.05) is 77.8 Å². The molecular formula is C27H20Cl2N2O. The number of rotatable bonds is 5. The van der Waals surface area contributed by atoms with E-state index in [1.165, 1.54) is 27.8 Å². The van der Waals surface area contributed by atoms with E-state index in [0.717, 1.165) is 23.2 Å². The number of phenols is 1. The second-order valence-corrected chi connectivity index (χ2v) is 8.54. The van der Waals surface area contributed by atoms with Crippen molar-refractivity contribution in [3.8, 4) is 17.0 Å². The van der Waals surface area contributed by atoms with Gasteiger partial charge in [-0.05, 0) is 52.6 Å². The molecule has 5 aromatic rings. The molecule has 0 bridgehead atoms. The molecule has 0 aliphatic heterocycles. The van der Waals surface area contributed by atoms with Crippen molar-refractivity contribution < 1.29 is 5.11 Å². The lowest BCUT2D eigenvalue weighted by Gasteiger charge is -2.06. The van der Waals surface area contributed by atoms with E-state index in [4.69, 9.17) is 23.2 Å². The van der Waals surface area contributed by atoms with Gasteiger partial charge in [0.1, 0.15) is 5.75 Å². The average Bonchev–Trinajstić information content (AvgIpc) is 3.18. The van der Waals surface area contributed by atoms with Crippen LogP contribution in [0.3, 0.4) is 0 Å². The van der Waals surface area contributed by atoms with Gasteiger partial charge in [-0.25, -0.2) is 0 Å². The zero-order valence-electron chi connectivity index (χ0n) is 17.1. The summed E-state index contributed by atoms with van der Waals surface area (Å²) in [6.07, 6.45) is 2.37. The molecule has 158 valence electrons. The summed E-state index contributed by atoms with van der Waals surface area (Å²) in [5.41, 5.74) is 5.10. The minimum absolute atomic E-state index is 0.0104. The molecule has 32 heavy (non-hydrogen) atoms. The molecule has 0 saturated carbocycles. The number of hydrogen-bond acceptors (Lipinski definition) is 2. The first kappa shape index (κ1) is 20.6. The Kier molecular flexibility index (Phi) is 5.60. The Bertz CT molecular complexity index is 1470. The molecular weight excluding hydrogens is 439 g/mol. The fourth-order valence-electron chi connectivity index (χ4n) is 4.07. The largest absolute Gasteiger partial charge is 0.506 e. The number of aromatic nitrogens is 1. The Hall–Kier alpha value is -3.27. The van der Waals surface area contributed by atoms with E-state index < -0.39 is 0 Å². The van der Waals surface area contributed by atoms with Crippen molar-refractivity contribution in [1.29, 1.82) is 0 Å². The molecule has 0 radical (unpaired) electrons. The number of aromatic amines is 1. The lowest BCUT2D eigenvalue weighted by atomic mass is 10.00. The smallest absolute Gasteiger partial charge is 0.143 e. The van der Waals surface area contributed by atoms with Crippen LogP contribution in [0.5, 0.6) is 5.75 Å². The first-order chi connectivity index (χ1) is 15.6. The second kappa shape index (κ2) is 8.70. The Morgan fingerprint density at radius 2 is 1.66 bits per heavy atom. The zero-order chi connectivity index (χ0) is 22.1. The number of hydrogen-bond donors (Lipinski definition) is 2. The van der Waals surface area contributed by atoms with E-state index in [-0.39, 0.29) is 10.8 Å². The number of phenolic OH excluding ortho intramolecular Hbond substituents is 1. The number of fused-ring (bicyclic) bond motifs is 2. The van der Waals surface area contributed by atoms with Crippen LogP contribution < -0.4 is 0 Å². The number of aromatic hydroxyl groups is 1. The monoisotopic (exact) mass is 458 g/mol. The lowest BCUT2D eigenvalue weighted by Crippen LogP contribution is -1.94. The SMILES string of the molecule is Oc1c(Cl)cc(Cl)cc1C=NCCc1c(-c2ccc3ccccc3c2)[nH]c2ccccc12. The van der Waals surface area contributed by atoms with Crippen LogP contribution in [0.4, 0.5) is 0 Å². The quantitative estimate of drug-likeness (QED) is 0.261. The van der Waals surface area contributed by atoms with Crippen LogP contribution >= 0.6 is 23.2 Å². The number of aliphatic imine (C=N–C) groups is 1. The molecule has 1 aromatic heterocycles. The van der Waals surface area contributed by atoms with Crippen LogP contribution in [0.2, 0.25) is 10.0 Å². The van der Waals surface area contributed by atoms with Crippen molar-refractivity contribution in [2.24, 2.45) is 4.99 Å². The number of para-hydroxylation sites is 1. The van der Waals surface area contributed by atoms with Gasteiger partial charge < -0.3 is 10.1 Å². The normalized spacial score (nSPS) is 11.7. The molecule has 5 heteroatoms. The molecule has 0 spiro atoms. The Balaban J connectivity index is 1.48. The molecule has 0 aliphatic rings. The molecule has 0 aliphatic carbocycles. The van der Waals surface area contributed by atoms with E-state index >= 15 is 0 Å². The third kappa shape index (κ3) is 3.97. The highest BCUT2D eigenvalue weighted by molar-refractivity contribution is 6.36. The van der Waals surface area contributed by atoms with Gasteiger partial charge in [-0.3, -0.25) is 4.99 Å². The molecule has 0 saturated heterocycles. The minimum Gasteiger partial charge on any atom is -0.506 e. The van der Waals surface area contributed by atoms with Crippen molar-refractivity contribution in [1.82, 2.24) is 4.98 Å². The average molecular weight is 459 g/mol. The Morgan fingerprint density at radius 3 is 2.53 bits per heavy atom. The van der Waals surface area contributed by atoms with Crippen LogP contribution in [0.15, 0.2) is 83.9 Å². The highest BCUT2D eigenvalue weighted by Crippen LogP contribution is 2.33. The summed E-state index contributed by atoms with van der Waals surface area (Å²) in [5, 5.41) is 14.4. The van der Waals surface area contributed by atoms with Crippen LogP contribution in [-0.4, -0.2) is 22.8 Å². The first-order valence-corrected chi connectivity index (χ1v) is 11.1. The van der Waals surface area contributed by atoms with E-state index in [1.54, 1.807) is 12.3 Å². The summed E-state index contributed by atoms with van der Waals surface area (Å²) < 4.78 is 0. The summed E-state index contributed by atoms with van der Waals surface area (Å²) in [4.78, 5) is 8.14. The number of H-pyrrole nitrogens is 1. The molecule has 1 heterocycles. The van der Waals surface area contributed by atoms with Crippen LogP contribution in [0.25, 0.3) is 32.9 Å².